The summed E-state index contributed by atoms with van der Waals surface area (Å²) in [5, 5.41) is 9.46. The van der Waals surface area contributed by atoms with E-state index in [1.807, 2.05) is 31.2 Å². The smallest absolute Gasteiger partial charge is 0.340 e. The number of anilines is 1. The molecule has 0 spiro atoms. The molecule has 0 amide bonds. The third-order valence-electron chi connectivity index (χ3n) is 2.90. The largest absolute Gasteiger partial charge is 0.478 e. The molecule has 0 atom stereocenters. The van der Waals surface area contributed by atoms with Gasteiger partial charge in [0.25, 0.3) is 0 Å². The van der Waals surface area contributed by atoms with Gasteiger partial charge in [0, 0.05) is 25.9 Å². The van der Waals surface area contributed by atoms with Crippen LogP contribution in [0.1, 0.15) is 15.9 Å². The summed E-state index contributed by atoms with van der Waals surface area (Å²) in [6.45, 7) is 1.98. The predicted molar refractivity (Wildman–Crippen MR) is 75.7 cm³/mol. The number of hydrogen-bond acceptors (Lipinski definition) is 3. The number of pyridine rings is 1. The van der Waals surface area contributed by atoms with Gasteiger partial charge in [-0.15, -0.1) is 0 Å². The van der Waals surface area contributed by atoms with Gasteiger partial charge in [0.2, 0.25) is 0 Å². The molecule has 0 aliphatic heterocycles. The van der Waals surface area contributed by atoms with Gasteiger partial charge in [-0.2, -0.15) is 0 Å². The van der Waals surface area contributed by atoms with Crippen molar-refractivity contribution in [2.24, 2.45) is 0 Å². The number of carbonyl (C=O) groups is 1. The maximum Gasteiger partial charge on any atom is 0.340 e. The van der Waals surface area contributed by atoms with E-state index in [0.29, 0.717) is 11.4 Å². The lowest BCUT2D eigenvalue weighted by Gasteiger charge is -2.16. The highest BCUT2D eigenvalue weighted by Gasteiger charge is 2.19. The molecule has 1 heterocycles. The molecule has 0 aliphatic rings. The van der Waals surface area contributed by atoms with Crippen molar-refractivity contribution in [1.82, 2.24) is 4.98 Å². The molecule has 0 fully saturated rings. The zero-order valence-corrected chi connectivity index (χ0v) is 11.2. The third-order valence-corrected chi connectivity index (χ3v) is 2.90. The Morgan fingerprint density at radius 2 is 2.00 bits per heavy atom. The summed E-state index contributed by atoms with van der Waals surface area (Å²) in [7, 11) is 3.57. The van der Waals surface area contributed by atoms with Crippen LogP contribution in [0.4, 0.5) is 5.82 Å². The highest BCUT2D eigenvalue weighted by atomic mass is 16.4. The van der Waals surface area contributed by atoms with E-state index in [9.17, 15) is 9.90 Å². The Morgan fingerprint density at radius 1 is 1.26 bits per heavy atom. The van der Waals surface area contributed by atoms with Crippen LogP contribution in [0.15, 0.2) is 36.5 Å². The average Bonchev–Trinajstić information content (AvgIpc) is 2.37. The molecular weight excluding hydrogens is 240 g/mol. The molecule has 19 heavy (non-hydrogen) atoms. The molecule has 4 nitrogen and oxygen atoms in total. The van der Waals surface area contributed by atoms with Gasteiger partial charge >= 0.3 is 5.97 Å². The van der Waals surface area contributed by atoms with Gasteiger partial charge < -0.3 is 10.0 Å². The normalized spacial score (nSPS) is 10.3. The van der Waals surface area contributed by atoms with Gasteiger partial charge in [0.15, 0.2) is 0 Å². The Balaban J connectivity index is 2.70. The molecule has 1 aromatic carbocycles. The van der Waals surface area contributed by atoms with E-state index >= 15 is 0 Å². The van der Waals surface area contributed by atoms with Crippen molar-refractivity contribution in [2.45, 2.75) is 6.92 Å². The van der Waals surface area contributed by atoms with Crippen molar-refractivity contribution < 1.29 is 9.90 Å². The Hall–Kier alpha value is -2.36. The Bertz CT molecular complexity index is 621. The second-order valence-electron chi connectivity index (χ2n) is 4.63. The first-order valence-electron chi connectivity index (χ1n) is 5.97. The number of nitrogens with zero attached hydrogens (tertiary/aromatic N) is 2. The van der Waals surface area contributed by atoms with Crippen molar-refractivity contribution in [2.75, 3.05) is 19.0 Å². The Labute approximate surface area is 112 Å². The summed E-state index contributed by atoms with van der Waals surface area (Å²) in [6, 6.07) is 9.53. The fourth-order valence-electron chi connectivity index (χ4n) is 2.05. The molecule has 0 radical (unpaired) electrons. The Kier molecular flexibility index (Phi) is 3.51. The highest BCUT2D eigenvalue weighted by molar-refractivity contribution is 6.00. The zero-order chi connectivity index (χ0) is 14.0. The molecule has 2 rings (SSSR count). The number of hydrogen-bond donors (Lipinski definition) is 1. The van der Waals surface area contributed by atoms with Crippen LogP contribution in [0.3, 0.4) is 0 Å². The lowest BCUT2D eigenvalue weighted by molar-refractivity contribution is 0.0698. The molecule has 4 heteroatoms. The van der Waals surface area contributed by atoms with Crippen molar-refractivity contribution in [3.8, 4) is 11.1 Å². The molecule has 0 bridgehead atoms. The first-order valence-corrected chi connectivity index (χ1v) is 5.97. The van der Waals surface area contributed by atoms with Gasteiger partial charge in [-0.3, -0.25) is 0 Å². The first-order chi connectivity index (χ1) is 9.00. The quantitative estimate of drug-likeness (QED) is 0.917. The molecule has 98 valence electrons. The number of carboxylic acids is 1. The summed E-state index contributed by atoms with van der Waals surface area (Å²) in [6.07, 6.45) is 1.64. The van der Waals surface area contributed by atoms with E-state index in [2.05, 4.69) is 4.98 Å². The van der Waals surface area contributed by atoms with E-state index in [0.717, 1.165) is 11.1 Å². The van der Waals surface area contributed by atoms with Crippen LogP contribution in [0.25, 0.3) is 11.1 Å². The summed E-state index contributed by atoms with van der Waals surface area (Å²) in [5.41, 5.74) is 2.91. The highest BCUT2D eigenvalue weighted by Crippen LogP contribution is 2.29. The van der Waals surface area contributed by atoms with Gasteiger partial charge in [0.1, 0.15) is 11.4 Å². The van der Waals surface area contributed by atoms with Crippen LogP contribution in [0.2, 0.25) is 0 Å². The van der Waals surface area contributed by atoms with Gasteiger partial charge in [-0.05, 0) is 18.6 Å². The maximum atomic E-state index is 11.5. The van der Waals surface area contributed by atoms with E-state index in [1.165, 1.54) is 0 Å². The minimum Gasteiger partial charge on any atom is -0.478 e. The number of benzene rings is 1. The van der Waals surface area contributed by atoms with E-state index in [4.69, 9.17) is 0 Å². The van der Waals surface area contributed by atoms with Gasteiger partial charge in [-0.1, -0.05) is 29.8 Å². The molecule has 1 aromatic heterocycles. The minimum atomic E-state index is -0.965. The van der Waals surface area contributed by atoms with E-state index < -0.39 is 5.97 Å². The van der Waals surface area contributed by atoms with Crippen LogP contribution in [-0.4, -0.2) is 30.2 Å². The zero-order valence-electron chi connectivity index (χ0n) is 11.2. The maximum absolute atomic E-state index is 11.5. The van der Waals surface area contributed by atoms with Crippen LogP contribution in [0, 0.1) is 6.92 Å². The summed E-state index contributed by atoms with van der Waals surface area (Å²) in [4.78, 5) is 17.4. The molecule has 0 saturated carbocycles. The van der Waals surface area contributed by atoms with Crippen molar-refractivity contribution in [3.63, 3.8) is 0 Å². The number of aromatic carboxylic acids is 1. The molecule has 1 N–H and O–H groups in total. The summed E-state index contributed by atoms with van der Waals surface area (Å²) < 4.78 is 0. The average molecular weight is 256 g/mol. The minimum absolute atomic E-state index is 0.234. The molecule has 0 aliphatic carbocycles. The van der Waals surface area contributed by atoms with Crippen LogP contribution in [-0.2, 0) is 0 Å². The van der Waals surface area contributed by atoms with Crippen LogP contribution < -0.4 is 4.90 Å². The topological polar surface area (TPSA) is 53.4 Å². The lowest BCUT2D eigenvalue weighted by atomic mass is 9.99. The van der Waals surface area contributed by atoms with Crippen LogP contribution in [0.5, 0.6) is 0 Å². The number of aromatic nitrogens is 1. The second-order valence-corrected chi connectivity index (χ2v) is 4.63. The van der Waals surface area contributed by atoms with Crippen molar-refractivity contribution in [3.05, 3.63) is 47.7 Å². The standard InChI is InChI=1S/C15H16N2O2/c1-10-5-4-6-11(9-10)12-7-8-16-14(17(2)3)13(12)15(18)19/h4-9H,1-3H3,(H,18,19). The molecular formula is C15H16N2O2. The van der Waals surface area contributed by atoms with Gasteiger partial charge in [-0.25, -0.2) is 9.78 Å². The monoisotopic (exact) mass is 256 g/mol. The molecule has 0 unspecified atom stereocenters. The SMILES string of the molecule is Cc1cccc(-c2ccnc(N(C)C)c2C(=O)O)c1. The number of carboxylic acid groups (broad SMARTS) is 1. The van der Waals surface area contributed by atoms with Crippen molar-refractivity contribution in [1.29, 1.82) is 0 Å². The number of rotatable bonds is 3. The van der Waals surface area contributed by atoms with E-state index in [-0.39, 0.29) is 5.56 Å². The fourth-order valence-corrected chi connectivity index (χ4v) is 2.05. The predicted octanol–water partition coefficient (Wildman–Crippen LogP) is 2.82. The summed E-state index contributed by atoms with van der Waals surface area (Å²) in [5.74, 6) is -0.500. The second kappa shape index (κ2) is 5.10. The molecule has 0 saturated heterocycles. The van der Waals surface area contributed by atoms with Crippen LogP contribution >= 0.6 is 0 Å². The number of aryl methyl sites for hydroxylation is 1. The summed E-state index contributed by atoms with van der Waals surface area (Å²) >= 11 is 0. The van der Waals surface area contributed by atoms with E-state index in [1.54, 1.807) is 31.3 Å². The lowest BCUT2D eigenvalue weighted by Crippen LogP contribution is -2.16. The third kappa shape index (κ3) is 2.57. The first kappa shape index (κ1) is 13.1. The van der Waals surface area contributed by atoms with Crippen molar-refractivity contribution >= 4 is 11.8 Å². The fraction of sp³-hybridized carbons (Fsp3) is 0.200. The van der Waals surface area contributed by atoms with Gasteiger partial charge in [0.05, 0.1) is 0 Å². The Morgan fingerprint density at radius 3 is 2.58 bits per heavy atom. The molecule has 2 aromatic rings.